The maximum absolute atomic E-state index is 13.0. The molecule has 7 nitrogen and oxygen atoms in total. The predicted molar refractivity (Wildman–Crippen MR) is 144 cm³/mol. The molecule has 6 rings (SSSR count). The molecule has 1 atom stereocenters. The highest BCUT2D eigenvalue weighted by atomic mass is 35.5. The zero-order valence-electron chi connectivity index (χ0n) is 21.6. The fraction of sp³-hybridized carbons (Fsp3) is 0.500. The van der Waals surface area contributed by atoms with Crippen molar-refractivity contribution in [1.82, 2.24) is 15.1 Å². The number of rotatable bonds is 7. The van der Waals surface area contributed by atoms with Gasteiger partial charge in [-0.05, 0) is 73.9 Å². The number of carbonyl (C=O) groups is 3. The SMILES string of the molecule is O=C1CCC(N2Cc3c(CCCCCN4CCC5(CC4)OCc4c(Cl)cccc45)cccc3C2=O)C(=O)N1. The second-order valence-electron chi connectivity index (χ2n) is 11.0. The lowest BCUT2D eigenvalue weighted by atomic mass is 9.83. The van der Waals surface area contributed by atoms with Gasteiger partial charge in [0.1, 0.15) is 6.04 Å². The number of benzene rings is 2. The number of hydrogen-bond acceptors (Lipinski definition) is 5. The van der Waals surface area contributed by atoms with E-state index in [1.54, 1.807) is 4.90 Å². The Bertz CT molecular complexity index is 1270. The van der Waals surface area contributed by atoms with Crippen LogP contribution in [0.5, 0.6) is 0 Å². The Morgan fingerprint density at radius 2 is 1.82 bits per heavy atom. The first-order valence-corrected chi connectivity index (χ1v) is 14.2. The van der Waals surface area contributed by atoms with Crippen molar-refractivity contribution in [2.45, 2.75) is 76.2 Å². The Morgan fingerprint density at radius 1 is 1.00 bits per heavy atom. The van der Waals surface area contributed by atoms with Gasteiger partial charge >= 0.3 is 0 Å². The molecule has 0 bridgehead atoms. The van der Waals surface area contributed by atoms with Gasteiger partial charge in [-0.15, -0.1) is 0 Å². The lowest BCUT2D eigenvalue weighted by Gasteiger charge is -2.39. The number of imide groups is 1. The van der Waals surface area contributed by atoms with Gasteiger partial charge in [-0.25, -0.2) is 0 Å². The van der Waals surface area contributed by atoms with Crippen molar-refractivity contribution in [3.8, 4) is 0 Å². The largest absolute Gasteiger partial charge is 0.365 e. The molecule has 3 amide bonds. The van der Waals surface area contributed by atoms with Crippen LogP contribution in [0, 0.1) is 0 Å². The maximum atomic E-state index is 13.0. The number of likely N-dealkylation sites (tertiary alicyclic amines) is 1. The number of hydrogen-bond donors (Lipinski definition) is 1. The Morgan fingerprint density at radius 3 is 2.63 bits per heavy atom. The second-order valence-corrected chi connectivity index (χ2v) is 11.5. The van der Waals surface area contributed by atoms with Crippen LogP contribution in [0.3, 0.4) is 0 Å². The van der Waals surface area contributed by atoms with Gasteiger partial charge in [-0.1, -0.05) is 42.3 Å². The zero-order chi connectivity index (χ0) is 26.3. The molecule has 2 aromatic rings. The summed E-state index contributed by atoms with van der Waals surface area (Å²) < 4.78 is 6.30. The molecule has 2 saturated heterocycles. The average Bonchev–Trinajstić information content (AvgIpc) is 3.44. The molecule has 0 aromatic heterocycles. The van der Waals surface area contributed by atoms with Gasteiger partial charge in [0, 0.05) is 42.2 Å². The summed E-state index contributed by atoms with van der Waals surface area (Å²) in [4.78, 5) is 41.1. The van der Waals surface area contributed by atoms with Gasteiger partial charge in [-0.2, -0.15) is 0 Å². The summed E-state index contributed by atoms with van der Waals surface area (Å²) in [5, 5.41) is 3.19. The number of fused-ring (bicyclic) bond motifs is 3. The third-order valence-electron chi connectivity index (χ3n) is 8.87. The van der Waals surface area contributed by atoms with Gasteiger partial charge in [-0.3, -0.25) is 19.7 Å². The number of unbranched alkanes of at least 4 members (excludes halogenated alkanes) is 2. The van der Waals surface area contributed by atoms with Crippen molar-refractivity contribution in [3.05, 3.63) is 69.2 Å². The van der Waals surface area contributed by atoms with Gasteiger partial charge < -0.3 is 14.5 Å². The fourth-order valence-electron chi connectivity index (χ4n) is 6.68. The van der Waals surface area contributed by atoms with Crippen molar-refractivity contribution >= 4 is 29.3 Å². The van der Waals surface area contributed by atoms with Crippen molar-refractivity contribution in [1.29, 1.82) is 0 Å². The highest BCUT2D eigenvalue weighted by Crippen LogP contribution is 2.46. The molecule has 8 heteroatoms. The minimum absolute atomic E-state index is 0.102. The van der Waals surface area contributed by atoms with Crippen LogP contribution in [0.15, 0.2) is 36.4 Å². The molecule has 4 aliphatic rings. The lowest BCUT2D eigenvalue weighted by molar-refractivity contribution is -0.136. The molecule has 1 unspecified atom stereocenters. The molecule has 1 spiro atoms. The van der Waals surface area contributed by atoms with Crippen molar-refractivity contribution in [2.75, 3.05) is 19.6 Å². The summed E-state index contributed by atoms with van der Waals surface area (Å²) in [6.45, 7) is 4.23. The summed E-state index contributed by atoms with van der Waals surface area (Å²) >= 11 is 6.40. The van der Waals surface area contributed by atoms with Crippen molar-refractivity contribution < 1.29 is 19.1 Å². The molecule has 0 saturated carbocycles. The minimum atomic E-state index is -0.566. The first kappa shape index (κ1) is 25.5. The number of nitrogens with one attached hydrogen (secondary N) is 1. The van der Waals surface area contributed by atoms with Crippen LogP contribution in [0.25, 0.3) is 0 Å². The van der Waals surface area contributed by atoms with Crippen LogP contribution in [-0.2, 0) is 39.5 Å². The van der Waals surface area contributed by atoms with E-state index in [2.05, 4.69) is 22.3 Å². The number of aryl methyl sites for hydroxylation is 1. The van der Waals surface area contributed by atoms with E-state index in [0.29, 0.717) is 25.1 Å². The summed E-state index contributed by atoms with van der Waals surface area (Å²) in [6.07, 6.45) is 6.95. The normalized spacial score (nSPS) is 22.6. The maximum Gasteiger partial charge on any atom is 0.255 e. The molecule has 1 N–H and O–H groups in total. The van der Waals surface area contributed by atoms with Crippen LogP contribution < -0.4 is 5.32 Å². The van der Waals surface area contributed by atoms with Crippen LogP contribution in [0.4, 0.5) is 0 Å². The smallest absolute Gasteiger partial charge is 0.255 e. The molecular formula is C30H34ClN3O4. The number of nitrogens with zero attached hydrogens (tertiary/aromatic N) is 2. The Labute approximate surface area is 228 Å². The summed E-state index contributed by atoms with van der Waals surface area (Å²) in [5.74, 6) is -0.724. The van der Waals surface area contributed by atoms with E-state index < -0.39 is 6.04 Å². The van der Waals surface area contributed by atoms with Gasteiger partial charge in [0.25, 0.3) is 5.91 Å². The van der Waals surface area contributed by atoms with E-state index in [1.165, 1.54) is 11.1 Å². The predicted octanol–water partition coefficient (Wildman–Crippen LogP) is 4.34. The number of halogens is 1. The molecule has 4 aliphatic heterocycles. The Kier molecular flexibility index (Phi) is 7.01. The number of ether oxygens (including phenoxy) is 1. The van der Waals surface area contributed by atoms with Crippen LogP contribution >= 0.6 is 11.6 Å². The molecule has 38 heavy (non-hydrogen) atoms. The third kappa shape index (κ3) is 4.65. The Hall–Kier alpha value is -2.74. The molecule has 4 heterocycles. The molecule has 0 radical (unpaired) electrons. The van der Waals surface area contributed by atoms with E-state index in [9.17, 15) is 14.4 Å². The first-order valence-electron chi connectivity index (χ1n) is 13.8. The number of piperidine rings is 2. The minimum Gasteiger partial charge on any atom is -0.365 e. The number of amides is 3. The van der Waals surface area contributed by atoms with Crippen molar-refractivity contribution in [2.24, 2.45) is 0 Å². The highest BCUT2D eigenvalue weighted by molar-refractivity contribution is 6.31. The Balaban J connectivity index is 0.975. The van der Waals surface area contributed by atoms with Gasteiger partial charge in [0.15, 0.2) is 0 Å². The number of carbonyl (C=O) groups excluding carboxylic acids is 3. The molecule has 2 aromatic carbocycles. The fourth-order valence-corrected chi connectivity index (χ4v) is 6.91. The van der Waals surface area contributed by atoms with Crippen LogP contribution in [0.2, 0.25) is 5.02 Å². The zero-order valence-corrected chi connectivity index (χ0v) is 22.4. The molecule has 2 fully saturated rings. The monoisotopic (exact) mass is 535 g/mol. The molecule has 0 aliphatic carbocycles. The van der Waals surface area contributed by atoms with E-state index in [1.807, 2.05) is 24.3 Å². The summed E-state index contributed by atoms with van der Waals surface area (Å²) in [5.41, 5.74) is 5.23. The standard InChI is InChI=1S/C30H34ClN3O4/c31-25-10-5-9-24-23(25)19-38-30(24)13-16-33(17-14-30)15-3-1-2-6-20-7-4-8-21-22(20)18-34(29(21)37)26-11-12-27(35)32-28(26)36/h4-5,7-10,26H,1-3,6,11-19H2,(H,32,35,36). The quantitative estimate of drug-likeness (QED) is 0.421. The summed E-state index contributed by atoms with van der Waals surface area (Å²) in [7, 11) is 0. The van der Waals surface area contributed by atoms with E-state index >= 15 is 0 Å². The first-order chi connectivity index (χ1) is 18.4. The lowest BCUT2D eigenvalue weighted by Crippen LogP contribution is -2.52. The van der Waals surface area contributed by atoms with Gasteiger partial charge in [0.2, 0.25) is 11.8 Å². The molecule has 200 valence electrons. The third-order valence-corrected chi connectivity index (χ3v) is 9.22. The molecular weight excluding hydrogens is 502 g/mol. The van der Waals surface area contributed by atoms with Gasteiger partial charge in [0.05, 0.1) is 12.2 Å². The van der Waals surface area contributed by atoms with E-state index in [-0.39, 0.29) is 29.7 Å². The second kappa shape index (κ2) is 10.4. The van der Waals surface area contributed by atoms with Crippen molar-refractivity contribution in [3.63, 3.8) is 0 Å². The van der Waals surface area contributed by atoms with E-state index in [0.717, 1.165) is 74.3 Å². The topological polar surface area (TPSA) is 79.0 Å². The average molecular weight is 536 g/mol. The highest BCUT2D eigenvalue weighted by Gasteiger charge is 2.43. The van der Waals surface area contributed by atoms with Crippen LogP contribution in [0.1, 0.15) is 77.6 Å². The van der Waals surface area contributed by atoms with E-state index in [4.69, 9.17) is 16.3 Å². The van der Waals surface area contributed by atoms with Crippen LogP contribution in [-0.4, -0.2) is 53.2 Å². The summed E-state index contributed by atoms with van der Waals surface area (Å²) in [6, 6.07) is 11.5.